The maximum absolute atomic E-state index is 6.53. The molecule has 1 aliphatic carbocycles. The molecule has 22 heavy (non-hydrogen) atoms. The second-order valence-electron chi connectivity index (χ2n) is 5.94. The molecule has 0 aromatic heterocycles. The monoisotopic (exact) mass is 428 g/mol. The summed E-state index contributed by atoms with van der Waals surface area (Å²) in [4.78, 5) is 2.64. The first kappa shape index (κ1) is 20.5. The van der Waals surface area contributed by atoms with Crippen molar-refractivity contribution in [3.05, 3.63) is 33.3 Å². The van der Waals surface area contributed by atoms with E-state index in [4.69, 9.17) is 11.6 Å². The minimum atomic E-state index is 0. The molecule has 6 heteroatoms. The van der Waals surface area contributed by atoms with Crippen LogP contribution < -0.4 is 5.32 Å². The predicted molar refractivity (Wildman–Crippen MR) is 103 cm³/mol. The van der Waals surface area contributed by atoms with E-state index in [2.05, 4.69) is 32.2 Å². The number of hydrogen-bond donors (Lipinski definition) is 1. The molecule has 0 unspecified atom stereocenters. The molecule has 1 saturated carbocycles. The van der Waals surface area contributed by atoms with E-state index in [0.717, 1.165) is 41.6 Å². The van der Waals surface area contributed by atoms with Crippen LogP contribution in [0.2, 0.25) is 5.02 Å². The van der Waals surface area contributed by atoms with Crippen LogP contribution in [0, 0.1) is 5.92 Å². The summed E-state index contributed by atoms with van der Waals surface area (Å²) in [5.74, 6) is 0.764. The highest BCUT2D eigenvalue weighted by atomic mass is 79.9. The molecule has 1 heterocycles. The van der Waals surface area contributed by atoms with Gasteiger partial charge in [-0.3, -0.25) is 4.90 Å². The average molecular weight is 431 g/mol. The van der Waals surface area contributed by atoms with Crippen LogP contribution in [0.5, 0.6) is 0 Å². The summed E-state index contributed by atoms with van der Waals surface area (Å²) in [7, 11) is 0. The third kappa shape index (κ3) is 4.75. The Bertz CT molecular complexity index is 461. The molecule has 2 aliphatic rings. The van der Waals surface area contributed by atoms with Gasteiger partial charge in [0.05, 0.1) is 0 Å². The van der Waals surface area contributed by atoms with Crippen molar-refractivity contribution in [2.45, 2.75) is 31.7 Å². The van der Waals surface area contributed by atoms with Gasteiger partial charge in [-0.1, -0.05) is 40.4 Å². The smallest absolute Gasteiger partial charge is 0.0454 e. The van der Waals surface area contributed by atoms with Crippen molar-refractivity contribution < 1.29 is 0 Å². The summed E-state index contributed by atoms with van der Waals surface area (Å²) in [6.45, 7) is 4.44. The van der Waals surface area contributed by atoms with Crippen LogP contribution in [0.1, 0.15) is 37.3 Å². The zero-order valence-corrected chi connectivity index (χ0v) is 16.5. The third-order valence-corrected chi connectivity index (χ3v) is 5.51. The molecule has 1 saturated heterocycles. The number of benzene rings is 1. The Labute approximate surface area is 159 Å². The van der Waals surface area contributed by atoms with Crippen molar-refractivity contribution in [2.75, 3.05) is 26.2 Å². The zero-order valence-electron chi connectivity index (χ0n) is 12.6. The minimum Gasteiger partial charge on any atom is -0.314 e. The van der Waals surface area contributed by atoms with Crippen molar-refractivity contribution in [1.82, 2.24) is 10.2 Å². The first-order chi connectivity index (χ1) is 9.75. The number of hydrogen-bond acceptors (Lipinski definition) is 2. The maximum atomic E-state index is 6.53. The quantitative estimate of drug-likeness (QED) is 0.719. The van der Waals surface area contributed by atoms with Gasteiger partial charge in [0, 0.05) is 41.7 Å². The van der Waals surface area contributed by atoms with Crippen molar-refractivity contribution >= 4 is 52.3 Å². The SMILES string of the molecule is Cl.Cl.Clc1ccc(Br)cc1[C@@H](C1CCCC1)N1CCNCC1. The summed E-state index contributed by atoms with van der Waals surface area (Å²) < 4.78 is 1.13. The van der Waals surface area contributed by atoms with E-state index in [9.17, 15) is 0 Å². The van der Waals surface area contributed by atoms with Gasteiger partial charge < -0.3 is 5.32 Å². The van der Waals surface area contributed by atoms with Gasteiger partial charge in [0.25, 0.3) is 0 Å². The van der Waals surface area contributed by atoms with Gasteiger partial charge in [0.15, 0.2) is 0 Å². The second-order valence-corrected chi connectivity index (χ2v) is 7.26. The largest absolute Gasteiger partial charge is 0.314 e. The van der Waals surface area contributed by atoms with E-state index in [0.29, 0.717) is 6.04 Å². The second kappa shape index (κ2) is 9.71. The lowest BCUT2D eigenvalue weighted by Crippen LogP contribution is -2.46. The fraction of sp³-hybridized carbons (Fsp3) is 0.625. The van der Waals surface area contributed by atoms with Gasteiger partial charge in [-0.25, -0.2) is 0 Å². The molecule has 1 aliphatic heterocycles. The van der Waals surface area contributed by atoms with E-state index in [-0.39, 0.29) is 24.8 Å². The molecule has 0 amide bonds. The van der Waals surface area contributed by atoms with Crippen molar-refractivity contribution in [3.8, 4) is 0 Å². The summed E-state index contributed by atoms with van der Waals surface area (Å²) in [5.41, 5.74) is 1.31. The fourth-order valence-corrected chi connectivity index (χ4v) is 4.33. The number of halogens is 4. The Hall–Kier alpha value is 0.490. The predicted octanol–water partition coefficient (Wildman–Crippen LogP) is 5.08. The van der Waals surface area contributed by atoms with E-state index >= 15 is 0 Å². The van der Waals surface area contributed by atoms with Gasteiger partial charge in [0.2, 0.25) is 0 Å². The molecule has 3 rings (SSSR count). The molecule has 1 atom stereocenters. The van der Waals surface area contributed by atoms with Crippen molar-refractivity contribution in [1.29, 1.82) is 0 Å². The molecule has 1 aromatic rings. The van der Waals surface area contributed by atoms with E-state index in [1.807, 2.05) is 12.1 Å². The topological polar surface area (TPSA) is 15.3 Å². The van der Waals surface area contributed by atoms with Gasteiger partial charge in [-0.05, 0) is 42.5 Å². The number of nitrogens with zero attached hydrogens (tertiary/aromatic N) is 1. The number of rotatable bonds is 3. The molecular weight excluding hydrogens is 406 g/mol. The number of nitrogens with one attached hydrogen (secondary N) is 1. The van der Waals surface area contributed by atoms with Gasteiger partial charge in [0.1, 0.15) is 0 Å². The average Bonchev–Trinajstić information content (AvgIpc) is 2.98. The first-order valence-corrected chi connectivity index (χ1v) is 8.82. The minimum absolute atomic E-state index is 0. The highest BCUT2D eigenvalue weighted by Gasteiger charge is 2.33. The standard InChI is InChI=1S/C16H22BrClN2.2ClH/c17-13-5-6-15(18)14(11-13)16(12-3-1-2-4-12)20-9-7-19-8-10-20;;/h5-6,11-12,16,19H,1-4,7-10H2;2*1H/t16-;;/m1../s1. The Kier molecular flexibility index (Phi) is 9.06. The molecule has 1 aromatic carbocycles. The van der Waals surface area contributed by atoms with Crippen LogP contribution >= 0.6 is 52.3 Å². The van der Waals surface area contributed by atoms with Crippen molar-refractivity contribution in [3.63, 3.8) is 0 Å². The molecule has 1 N–H and O–H groups in total. The lowest BCUT2D eigenvalue weighted by Gasteiger charge is -2.39. The Morgan fingerprint density at radius 2 is 1.77 bits per heavy atom. The lowest BCUT2D eigenvalue weighted by molar-refractivity contribution is 0.125. The normalized spacial score (nSPS) is 21.0. The first-order valence-electron chi connectivity index (χ1n) is 7.65. The number of piperazine rings is 1. The van der Waals surface area contributed by atoms with Crippen LogP contribution in [-0.4, -0.2) is 31.1 Å². The maximum Gasteiger partial charge on any atom is 0.0454 e. The Balaban J connectivity index is 0.00000121. The molecule has 0 radical (unpaired) electrons. The summed E-state index contributed by atoms with van der Waals surface area (Å²) in [6, 6.07) is 6.79. The molecule has 126 valence electrons. The van der Waals surface area contributed by atoms with E-state index in [1.165, 1.54) is 31.2 Å². The summed E-state index contributed by atoms with van der Waals surface area (Å²) >= 11 is 10.1. The molecule has 0 bridgehead atoms. The Morgan fingerprint density at radius 1 is 1.14 bits per heavy atom. The van der Waals surface area contributed by atoms with E-state index in [1.54, 1.807) is 0 Å². The molecule has 2 nitrogen and oxygen atoms in total. The molecule has 2 fully saturated rings. The highest BCUT2D eigenvalue weighted by Crippen LogP contribution is 2.42. The lowest BCUT2D eigenvalue weighted by atomic mass is 9.89. The van der Waals surface area contributed by atoms with Crippen molar-refractivity contribution in [2.24, 2.45) is 5.92 Å². The molecular formula is C16H24BrCl3N2. The van der Waals surface area contributed by atoms with Crippen LogP contribution in [0.4, 0.5) is 0 Å². The Morgan fingerprint density at radius 3 is 2.41 bits per heavy atom. The van der Waals surface area contributed by atoms with Crippen LogP contribution in [0.25, 0.3) is 0 Å². The van der Waals surface area contributed by atoms with Crippen LogP contribution in [-0.2, 0) is 0 Å². The van der Waals surface area contributed by atoms with Crippen LogP contribution in [0.3, 0.4) is 0 Å². The fourth-order valence-electron chi connectivity index (χ4n) is 3.72. The highest BCUT2D eigenvalue weighted by molar-refractivity contribution is 9.10. The zero-order chi connectivity index (χ0) is 13.9. The third-order valence-electron chi connectivity index (χ3n) is 4.67. The summed E-state index contributed by atoms with van der Waals surface area (Å²) in [6.07, 6.45) is 5.44. The summed E-state index contributed by atoms with van der Waals surface area (Å²) in [5, 5.41) is 4.37. The van der Waals surface area contributed by atoms with Gasteiger partial charge in [-0.15, -0.1) is 24.8 Å². The molecule has 0 spiro atoms. The van der Waals surface area contributed by atoms with Gasteiger partial charge >= 0.3 is 0 Å². The van der Waals surface area contributed by atoms with Crippen LogP contribution in [0.15, 0.2) is 22.7 Å². The van der Waals surface area contributed by atoms with E-state index < -0.39 is 0 Å². The van der Waals surface area contributed by atoms with Gasteiger partial charge in [-0.2, -0.15) is 0 Å².